The SMILES string of the molecule is COC[C@@H]1CCCN1/N=C/C(C)(C)C. The molecule has 0 aromatic carbocycles. The van der Waals surface area contributed by atoms with Crippen LogP contribution in [0.15, 0.2) is 5.10 Å². The van der Waals surface area contributed by atoms with Gasteiger partial charge in [0.25, 0.3) is 0 Å². The van der Waals surface area contributed by atoms with Gasteiger partial charge in [-0.2, -0.15) is 5.10 Å². The van der Waals surface area contributed by atoms with E-state index in [1.165, 1.54) is 12.8 Å². The molecule has 1 fully saturated rings. The highest BCUT2D eigenvalue weighted by atomic mass is 16.5. The van der Waals surface area contributed by atoms with Crippen molar-refractivity contribution in [1.82, 2.24) is 5.01 Å². The summed E-state index contributed by atoms with van der Waals surface area (Å²) in [5.41, 5.74) is 0.167. The average Bonchev–Trinajstić information content (AvgIpc) is 2.48. The molecule has 1 aliphatic heterocycles. The second-order valence-corrected chi connectivity index (χ2v) is 5.03. The van der Waals surface area contributed by atoms with Gasteiger partial charge in [-0.05, 0) is 18.3 Å². The molecule has 0 aliphatic carbocycles. The second-order valence-electron chi connectivity index (χ2n) is 5.03. The van der Waals surface area contributed by atoms with E-state index in [-0.39, 0.29) is 5.41 Å². The third kappa shape index (κ3) is 3.66. The van der Waals surface area contributed by atoms with Crippen molar-refractivity contribution in [3.8, 4) is 0 Å². The fraction of sp³-hybridized carbons (Fsp3) is 0.909. The first kappa shape index (κ1) is 11.5. The summed E-state index contributed by atoms with van der Waals surface area (Å²) >= 11 is 0. The number of rotatable bonds is 3. The minimum atomic E-state index is 0.167. The van der Waals surface area contributed by atoms with Crippen molar-refractivity contribution in [3.05, 3.63) is 0 Å². The van der Waals surface area contributed by atoms with Gasteiger partial charge in [0.1, 0.15) is 0 Å². The highest BCUT2D eigenvalue weighted by molar-refractivity contribution is 5.63. The summed E-state index contributed by atoms with van der Waals surface area (Å²) in [4.78, 5) is 0. The molecule has 0 saturated carbocycles. The molecule has 0 aromatic heterocycles. The lowest BCUT2D eigenvalue weighted by Crippen LogP contribution is -2.29. The molecule has 1 rings (SSSR count). The molecular weight excluding hydrogens is 176 g/mol. The molecular formula is C11H22N2O. The Bertz CT molecular complexity index is 196. The second kappa shape index (κ2) is 4.78. The predicted octanol–water partition coefficient (Wildman–Crippen LogP) is 2.13. The number of nitrogens with zero attached hydrogens (tertiary/aromatic N) is 2. The maximum Gasteiger partial charge on any atom is 0.0704 e. The normalized spacial score (nSPS) is 23.7. The molecule has 1 atom stereocenters. The zero-order valence-electron chi connectivity index (χ0n) is 9.79. The Kier molecular flexibility index (Phi) is 3.93. The Morgan fingerprint density at radius 1 is 1.50 bits per heavy atom. The van der Waals surface area contributed by atoms with Gasteiger partial charge in [0, 0.05) is 19.9 Å². The molecule has 1 saturated heterocycles. The van der Waals surface area contributed by atoms with Crippen LogP contribution in [-0.4, -0.2) is 37.5 Å². The third-order valence-electron chi connectivity index (χ3n) is 2.30. The van der Waals surface area contributed by atoms with Crippen molar-refractivity contribution < 1.29 is 4.74 Å². The third-order valence-corrected chi connectivity index (χ3v) is 2.30. The van der Waals surface area contributed by atoms with Crippen molar-refractivity contribution >= 4 is 6.21 Å². The molecule has 82 valence electrons. The van der Waals surface area contributed by atoms with Gasteiger partial charge in [-0.3, -0.25) is 5.01 Å². The summed E-state index contributed by atoms with van der Waals surface area (Å²) in [6.07, 6.45) is 4.46. The molecule has 0 aromatic rings. The van der Waals surface area contributed by atoms with Gasteiger partial charge in [0.2, 0.25) is 0 Å². The largest absolute Gasteiger partial charge is 0.382 e. The standard InChI is InChI=1S/C11H22N2O/c1-11(2,3)9-12-13-7-5-6-10(13)8-14-4/h9-10H,5-8H2,1-4H3/b12-9+/t10-/m0/s1. The van der Waals surface area contributed by atoms with Crippen molar-refractivity contribution in [1.29, 1.82) is 0 Å². The highest BCUT2D eigenvalue weighted by Gasteiger charge is 2.22. The van der Waals surface area contributed by atoms with Crippen molar-refractivity contribution in [2.45, 2.75) is 39.7 Å². The quantitative estimate of drug-likeness (QED) is 0.649. The van der Waals surface area contributed by atoms with Gasteiger partial charge >= 0.3 is 0 Å². The first-order valence-electron chi connectivity index (χ1n) is 5.33. The van der Waals surface area contributed by atoms with E-state index in [2.05, 4.69) is 30.9 Å². The van der Waals surface area contributed by atoms with E-state index in [0.717, 1.165) is 13.2 Å². The highest BCUT2D eigenvalue weighted by Crippen LogP contribution is 2.18. The first-order chi connectivity index (χ1) is 6.53. The van der Waals surface area contributed by atoms with E-state index < -0.39 is 0 Å². The van der Waals surface area contributed by atoms with Gasteiger partial charge in [-0.15, -0.1) is 0 Å². The predicted molar refractivity (Wildman–Crippen MR) is 59.6 cm³/mol. The van der Waals surface area contributed by atoms with E-state index in [1.54, 1.807) is 7.11 Å². The van der Waals surface area contributed by atoms with Crippen molar-refractivity contribution in [2.75, 3.05) is 20.3 Å². The van der Waals surface area contributed by atoms with Crippen LogP contribution in [0.1, 0.15) is 33.6 Å². The van der Waals surface area contributed by atoms with Crippen LogP contribution in [0.3, 0.4) is 0 Å². The molecule has 3 heteroatoms. The number of methoxy groups -OCH3 is 1. The minimum absolute atomic E-state index is 0.167. The summed E-state index contributed by atoms with van der Waals surface area (Å²) in [5.74, 6) is 0. The van der Waals surface area contributed by atoms with E-state index in [0.29, 0.717) is 6.04 Å². The molecule has 0 spiro atoms. The Hall–Kier alpha value is -0.570. The maximum atomic E-state index is 5.17. The molecule has 0 radical (unpaired) electrons. The van der Waals surface area contributed by atoms with E-state index in [9.17, 15) is 0 Å². The number of hydrazone groups is 1. The average molecular weight is 198 g/mol. The Labute approximate surface area is 87.1 Å². The lowest BCUT2D eigenvalue weighted by atomic mass is 9.99. The summed E-state index contributed by atoms with van der Waals surface area (Å²) in [6, 6.07) is 0.485. The van der Waals surface area contributed by atoms with Gasteiger partial charge < -0.3 is 4.74 Å². The lowest BCUT2D eigenvalue weighted by Gasteiger charge is -2.22. The fourth-order valence-electron chi connectivity index (χ4n) is 1.58. The van der Waals surface area contributed by atoms with E-state index >= 15 is 0 Å². The molecule has 0 amide bonds. The van der Waals surface area contributed by atoms with Gasteiger partial charge in [-0.1, -0.05) is 20.8 Å². The van der Waals surface area contributed by atoms with Crippen molar-refractivity contribution in [3.63, 3.8) is 0 Å². The Morgan fingerprint density at radius 3 is 2.79 bits per heavy atom. The van der Waals surface area contributed by atoms with E-state index in [1.807, 2.05) is 6.21 Å². The Morgan fingerprint density at radius 2 is 2.21 bits per heavy atom. The molecule has 0 bridgehead atoms. The number of ether oxygens (including phenoxy) is 1. The topological polar surface area (TPSA) is 24.8 Å². The van der Waals surface area contributed by atoms with Gasteiger partial charge in [-0.25, -0.2) is 0 Å². The molecule has 0 unspecified atom stereocenters. The summed E-state index contributed by atoms with van der Waals surface area (Å²) in [7, 11) is 1.75. The molecule has 1 aliphatic rings. The summed E-state index contributed by atoms with van der Waals surface area (Å²) < 4.78 is 5.17. The van der Waals surface area contributed by atoms with Crippen LogP contribution in [0.4, 0.5) is 0 Å². The van der Waals surface area contributed by atoms with Crippen LogP contribution in [0.25, 0.3) is 0 Å². The summed E-state index contributed by atoms with van der Waals surface area (Å²) in [5, 5.41) is 6.68. The zero-order valence-corrected chi connectivity index (χ0v) is 9.79. The van der Waals surface area contributed by atoms with Crippen LogP contribution in [0.2, 0.25) is 0 Å². The first-order valence-corrected chi connectivity index (χ1v) is 5.33. The van der Waals surface area contributed by atoms with Crippen LogP contribution < -0.4 is 0 Å². The van der Waals surface area contributed by atoms with Crippen LogP contribution in [-0.2, 0) is 4.74 Å². The Balaban J connectivity index is 2.47. The maximum absolute atomic E-state index is 5.17. The smallest absolute Gasteiger partial charge is 0.0704 e. The molecule has 1 heterocycles. The van der Waals surface area contributed by atoms with Crippen molar-refractivity contribution in [2.24, 2.45) is 10.5 Å². The zero-order chi connectivity index (χ0) is 10.6. The summed E-state index contributed by atoms with van der Waals surface area (Å²) in [6.45, 7) is 8.36. The van der Waals surface area contributed by atoms with E-state index in [4.69, 9.17) is 4.74 Å². The fourth-order valence-corrected chi connectivity index (χ4v) is 1.58. The monoisotopic (exact) mass is 198 g/mol. The molecule has 14 heavy (non-hydrogen) atoms. The van der Waals surface area contributed by atoms with Crippen LogP contribution in [0, 0.1) is 5.41 Å². The lowest BCUT2D eigenvalue weighted by molar-refractivity contribution is 0.117. The number of hydrogen-bond donors (Lipinski definition) is 0. The minimum Gasteiger partial charge on any atom is -0.382 e. The van der Waals surface area contributed by atoms with Crippen LogP contribution in [0.5, 0.6) is 0 Å². The van der Waals surface area contributed by atoms with Gasteiger partial charge in [0.15, 0.2) is 0 Å². The molecule has 3 nitrogen and oxygen atoms in total. The van der Waals surface area contributed by atoms with Gasteiger partial charge in [0.05, 0.1) is 12.6 Å². The molecule has 0 N–H and O–H groups in total. The number of hydrogen-bond acceptors (Lipinski definition) is 3. The van der Waals surface area contributed by atoms with Crippen LogP contribution >= 0.6 is 0 Å².